The van der Waals surface area contributed by atoms with E-state index in [4.69, 9.17) is 9.84 Å². The first-order valence-corrected chi connectivity index (χ1v) is 5.97. The maximum absolute atomic E-state index is 12.2. The lowest BCUT2D eigenvalue weighted by atomic mass is 10.0. The fraction of sp³-hybridized carbons (Fsp3) is 0.818. The normalized spacial score (nSPS) is 29.5. The number of carboxylic acid groups (broad SMARTS) is 1. The van der Waals surface area contributed by atoms with E-state index in [1.165, 1.54) is 4.90 Å². The minimum absolute atomic E-state index is 0.0255. The lowest BCUT2D eigenvalue weighted by Gasteiger charge is -2.33. The van der Waals surface area contributed by atoms with Crippen molar-refractivity contribution in [3.05, 3.63) is 0 Å². The molecular weight excluding hydrogens is 224 g/mol. The molecular formula is C11H18N2O4. The Morgan fingerprint density at radius 3 is 2.47 bits per heavy atom. The standard InChI is InChI=1S/C11H18N2O4/c1-8-2-3-13(9(8)10(14)15)11(16)12-4-6-17-7-5-12/h8-9H,2-7H2,1H3,(H,14,15). The van der Waals surface area contributed by atoms with Gasteiger partial charge < -0.3 is 19.6 Å². The Labute approximate surface area is 100 Å². The summed E-state index contributed by atoms with van der Waals surface area (Å²) in [5, 5.41) is 9.16. The molecule has 2 rings (SSSR count). The molecule has 2 fully saturated rings. The highest BCUT2D eigenvalue weighted by Gasteiger charge is 2.41. The van der Waals surface area contributed by atoms with Crippen LogP contribution in [0.3, 0.4) is 0 Å². The molecule has 2 aliphatic rings. The number of carbonyl (C=O) groups excluding carboxylic acids is 1. The lowest BCUT2D eigenvalue weighted by molar-refractivity contribution is -0.142. The summed E-state index contributed by atoms with van der Waals surface area (Å²) in [7, 11) is 0. The fourth-order valence-electron chi connectivity index (χ4n) is 2.47. The lowest BCUT2D eigenvalue weighted by Crippen LogP contribution is -2.52. The zero-order valence-electron chi connectivity index (χ0n) is 9.96. The zero-order valence-corrected chi connectivity index (χ0v) is 9.96. The zero-order chi connectivity index (χ0) is 12.4. The van der Waals surface area contributed by atoms with Crippen LogP contribution < -0.4 is 0 Å². The van der Waals surface area contributed by atoms with Crippen LogP contribution in [0.1, 0.15) is 13.3 Å². The van der Waals surface area contributed by atoms with Crippen molar-refractivity contribution >= 4 is 12.0 Å². The molecule has 1 N–H and O–H groups in total. The van der Waals surface area contributed by atoms with E-state index in [2.05, 4.69) is 0 Å². The van der Waals surface area contributed by atoms with Crippen molar-refractivity contribution < 1.29 is 19.4 Å². The second-order valence-corrected chi connectivity index (χ2v) is 4.62. The maximum atomic E-state index is 12.2. The third kappa shape index (κ3) is 2.36. The summed E-state index contributed by atoms with van der Waals surface area (Å²) in [6.07, 6.45) is 0.757. The molecule has 2 amide bonds. The molecule has 2 atom stereocenters. The fourth-order valence-corrected chi connectivity index (χ4v) is 2.47. The highest BCUT2D eigenvalue weighted by Crippen LogP contribution is 2.25. The van der Waals surface area contributed by atoms with Crippen molar-refractivity contribution in [3.8, 4) is 0 Å². The molecule has 2 aliphatic heterocycles. The second kappa shape index (κ2) is 4.91. The van der Waals surface area contributed by atoms with Crippen molar-refractivity contribution in [1.29, 1.82) is 0 Å². The molecule has 0 radical (unpaired) electrons. The number of likely N-dealkylation sites (tertiary alicyclic amines) is 1. The Hall–Kier alpha value is -1.30. The van der Waals surface area contributed by atoms with Crippen LogP contribution in [-0.4, -0.2) is 65.8 Å². The predicted octanol–water partition coefficient (Wildman–Crippen LogP) is 0.234. The Kier molecular flexibility index (Phi) is 3.51. The summed E-state index contributed by atoms with van der Waals surface area (Å²) in [5.74, 6) is -0.880. The third-order valence-electron chi connectivity index (χ3n) is 3.48. The number of hydrogen-bond acceptors (Lipinski definition) is 3. The number of morpholine rings is 1. The smallest absolute Gasteiger partial charge is 0.326 e. The molecule has 0 aromatic carbocycles. The highest BCUT2D eigenvalue weighted by atomic mass is 16.5. The number of amides is 2. The summed E-state index contributed by atoms with van der Waals surface area (Å²) >= 11 is 0. The van der Waals surface area contributed by atoms with Gasteiger partial charge in [0, 0.05) is 19.6 Å². The molecule has 2 saturated heterocycles. The average molecular weight is 242 g/mol. The Bertz CT molecular complexity index is 315. The van der Waals surface area contributed by atoms with Gasteiger partial charge in [-0.05, 0) is 12.3 Å². The topological polar surface area (TPSA) is 70.1 Å². The number of nitrogens with zero attached hydrogens (tertiary/aromatic N) is 2. The molecule has 0 saturated carbocycles. The van der Waals surface area contributed by atoms with E-state index in [1.54, 1.807) is 4.90 Å². The van der Waals surface area contributed by atoms with Gasteiger partial charge in [-0.25, -0.2) is 9.59 Å². The molecule has 96 valence electrons. The first-order valence-electron chi connectivity index (χ1n) is 5.97. The highest BCUT2D eigenvalue weighted by molar-refractivity contribution is 5.83. The van der Waals surface area contributed by atoms with E-state index < -0.39 is 12.0 Å². The minimum Gasteiger partial charge on any atom is -0.480 e. The van der Waals surface area contributed by atoms with Crippen LogP contribution in [0.5, 0.6) is 0 Å². The van der Waals surface area contributed by atoms with Gasteiger partial charge in [0.25, 0.3) is 0 Å². The Morgan fingerprint density at radius 1 is 1.24 bits per heavy atom. The van der Waals surface area contributed by atoms with Gasteiger partial charge >= 0.3 is 12.0 Å². The summed E-state index contributed by atoms with van der Waals surface area (Å²) in [4.78, 5) is 26.5. The molecule has 6 heteroatoms. The van der Waals surface area contributed by atoms with Gasteiger partial charge in [0.05, 0.1) is 13.2 Å². The number of carbonyl (C=O) groups is 2. The molecule has 0 aromatic rings. The first kappa shape index (κ1) is 12.2. The summed E-state index contributed by atoms with van der Waals surface area (Å²) in [5.41, 5.74) is 0. The summed E-state index contributed by atoms with van der Waals surface area (Å²) < 4.78 is 5.18. The van der Waals surface area contributed by atoms with Crippen LogP contribution in [0.25, 0.3) is 0 Å². The number of urea groups is 1. The van der Waals surface area contributed by atoms with Gasteiger partial charge in [-0.2, -0.15) is 0 Å². The number of aliphatic carboxylic acids is 1. The van der Waals surface area contributed by atoms with Crippen LogP contribution in [0, 0.1) is 5.92 Å². The molecule has 2 heterocycles. The SMILES string of the molecule is CC1CCN(C(=O)N2CCOCC2)C1C(=O)O. The largest absolute Gasteiger partial charge is 0.480 e. The van der Waals surface area contributed by atoms with Gasteiger partial charge in [0.1, 0.15) is 6.04 Å². The van der Waals surface area contributed by atoms with Crippen LogP contribution in [-0.2, 0) is 9.53 Å². The average Bonchev–Trinajstić information content (AvgIpc) is 2.71. The van der Waals surface area contributed by atoms with E-state index in [9.17, 15) is 9.59 Å². The van der Waals surface area contributed by atoms with Crippen molar-refractivity contribution in [2.45, 2.75) is 19.4 Å². The van der Waals surface area contributed by atoms with E-state index >= 15 is 0 Å². The Balaban J connectivity index is 2.05. The monoisotopic (exact) mass is 242 g/mol. The first-order chi connectivity index (χ1) is 8.11. The quantitative estimate of drug-likeness (QED) is 0.714. The third-order valence-corrected chi connectivity index (χ3v) is 3.48. The predicted molar refractivity (Wildman–Crippen MR) is 59.7 cm³/mol. The second-order valence-electron chi connectivity index (χ2n) is 4.62. The van der Waals surface area contributed by atoms with Gasteiger partial charge in [0.2, 0.25) is 0 Å². The van der Waals surface area contributed by atoms with Crippen molar-refractivity contribution in [2.75, 3.05) is 32.8 Å². The van der Waals surface area contributed by atoms with Crippen LogP contribution >= 0.6 is 0 Å². The van der Waals surface area contributed by atoms with Crippen LogP contribution in [0.4, 0.5) is 4.79 Å². The van der Waals surface area contributed by atoms with Gasteiger partial charge in [-0.3, -0.25) is 0 Å². The van der Waals surface area contributed by atoms with E-state index in [1.807, 2.05) is 6.92 Å². The van der Waals surface area contributed by atoms with Crippen molar-refractivity contribution in [2.24, 2.45) is 5.92 Å². The van der Waals surface area contributed by atoms with E-state index in [0.29, 0.717) is 32.8 Å². The minimum atomic E-state index is -0.906. The molecule has 0 spiro atoms. The van der Waals surface area contributed by atoms with Crippen LogP contribution in [0.2, 0.25) is 0 Å². The van der Waals surface area contributed by atoms with E-state index in [-0.39, 0.29) is 11.9 Å². The van der Waals surface area contributed by atoms with Crippen molar-refractivity contribution in [3.63, 3.8) is 0 Å². The summed E-state index contributed by atoms with van der Waals surface area (Å²) in [6.45, 7) is 4.59. The Morgan fingerprint density at radius 2 is 1.88 bits per heavy atom. The number of carboxylic acids is 1. The molecule has 0 bridgehead atoms. The number of ether oxygens (including phenoxy) is 1. The van der Waals surface area contributed by atoms with Crippen molar-refractivity contribution in [1.82, 2.24) is 9.80 Å². The molecule has 0 aromatic heterocycles. The molecule has 17 heavy (non-hydrogen) atoms. The summed E-state index contributed by atoms with van der Waals surface area (Å²) in [6, 6.07) is -0.838. The van der Waals surface area contributed by atoms with Gasteiger partial charge in [-0.15, -0.1) is 0 Å². The van der Waals surface area contributed by atoms with Gasteiger partial charge in [-0.1, -0.05) is 6.92 Å². The number of hydrogen-bond donors (Lipinski definition) is 1. The molecule has 0 aliphatic carbocycles. The molecule has 6 nitrogen and oxygen atoms in total. The van der Waals surface area contributed by atoms with Crippen LogP contribution in [0.15, 0.2) is 0 Å². The number of rotatable bonds is 1. The molecule has 2 unspecified atom stereocenters. The van der Waals surface area contributed by atoms with E-state index in [0.717, 1.165) is 6.42 Å². The van der Waals surface area contributed by atoms with Gasteiger partial charge in [0.15, 0.2) is 0 Å². The maximum Gasteiger partial charge on any atom is 0.326 e.